The van der Waals surface area contributed by atoms with Crippen LogP contribution in [-0.4, -0.2) is 34.1 Å². The first-order chi connectivity index (χ1) is 11.0. The van der Waals surface area contributed by atoms with Crippen LogP contribution in [0.4, 0.5) is 0 Å². The van der Waals surface area contributed by atoms with Crippen LogP contribution in [0, 0.1) is 0 Å². The van der Waals surface area contributed by atoms with Gasteiger partial charge < -0.3 is 14.3 Å². The number of carboxylic acids is 1. The maximum Gasteiger partial charge on any atom is 0.357 e. The molecule has 1 unspecified atom stereocenters. The molecule has 6 heteroatoms. The Balaban J connectivity index is 2.14. The van der Waals surface area contributed by atoms with Crippen molar-refractivity contribution in [3.8, 4) is 5.75 Å². The zero-order valence-corrected chi connectivity index (χ0v) is 13.7. The van der Waals surface area contributed by atoms with Crippen LogP contribution >= 0.6 is 0 Å². The van der Waals surface area contributed by atoms with Gasteiger partial charge in [-0.25, -0.2) is 9.78 Å². The smallest absolute Gasteiger partial charge is 0.357 e. The molecule has 0 fully saturated rings. The van der Waals surface area contributed by atoms with Crippen LogP contribution in [0.2, 0.25) is 0 Å². The average molecular weight is 318 g/mol. The Kier molecular flexibility index (Phi) is 5.76. The summed E-state index contributed by atoms with van der Waals surface area (Å²) in [6, 6.07) is 8.20. The number of hydrogen-bond donors (Lipinski definition) is 1. The van der Waals surface area contributed by atoms with Gasteiger partial charge in [-0.2, -0.15) is 0 Å². The van der Waals surface area contributed by atoms with Gasteiger partial charge in [-0.05, 0) is 31.0 Å². The molecule has 1 atom stereocenters. The number of aromatic carboxylic acids is 1. The molecule has 0 amide bonds. The molecule has 2 rings (SSSR count). The zero-order valence-electron chi connectivity index (χ0n) is 13.7. The fourth-order valence-electron chi connectivity index (χ4n) is 2.29. The third kappa shape index (κ3) is 4.56. The van der Waals surface area contributed by atoms with Gasteiger partial charge in [-0.3, -0.25) is 4.90 Å². The minimum Gasteiger partial charge on any atom is -0.497 e. The monoisotopic (exact) mass is 318 g/mol. The van der Waals surface area contributed by atoms with E-state index in [0.29, 0.717) is 25.0 Å². The molecule has 1 heterocycles. The lowest BCUT2D eigenvalue weighted by Gasteiger charge is -2.27. The van der Waals surface area contributed by atoms with Gasteiger partial charge in [-0.15, -0.1) is 0 Å². The van der Waals surface area contributed by atoms with Crippen molar-refractivity contribution >= 4 is 5.97 Å². The van der Waals surface area contributed by atoms with Crippen molar-refractivity contribution in [1.29, 1.82) is 0 Å². The first-order valence-corrected chi connectivity index (χ1v) is 7.58. The van der Waals surface area contributed by atoms with E-state index in [-0.39, 0.29) is 5.69 Å². The Labute approximate surface area is 135 Å². The third-order valence-electron chi connectivity index (χ3n) is 3.84. The summed E-state index contributed by atoms with van der Waals surface area (Å²) in [5.41, 5.74) is 1.06. The van der Waals surface area contributed by atoms with Crippen molar-refractivity contribution in [2.24, 2.45) is 0 Å². The fraction of sp³-hybridized carbons (Fsp3) is 0.412. The van der Waals surface area contributed by atoms with Gasteiger partial charge in [0, 0.05) is 12.6 Å². The summed E-state index contributed by atoms with van der Waals surface area (Å²) >= 11 is 0. The summed E-state index contributed by atoms with van der Waals surface area (Å²) in [6.45, 7) is 5.40. The Morgan fingerprint density at radius 1 is 1.43 bits per heavy atom. The van der Waals surface area contributed by atoms with Gasteiger partial charge in [0.05, 0.1) is 13.7 Å². The number of methoxy groups -OCH3 is 1. The standard InChI is InChI=1S/C17H22N2O4/c1-4-12(2)19(9-13-6-5-7-14(8-13)22-3)10-16-18-15(11-23-16)17(20)21/h5-8,11-12H,4,9-10H2,1-3H3,(H,20,21). The lowest BCUT2D eigenvalue weighted by molar-refractivity contribution is 0.0690. The number of rotatable bonds is 8. The second-order valence-corrected chi connectivity index (χ2v) is 5.45. The topological polar surface area (TPSA) is 75.8 Å². The molecule has 1 N–H and O–H groups in total. The highest BCUT2D eigenvalue weighted by molar-refractivity contribution is 5.84. The van der Waals surface area contributed by atoms with E-state index in [4.69, 9.17) is 14.3 Å². The third-order valence-corrected chi connectivity index (χ3v) is 3.84. The molecule has 0 saturated carbocycles. The molecular formula is C17H22N2O4. The van der Waals surface area contributed by atoms with E-state index in [1.807, 2.05) is 24.3 Å². The summed E-state index contributed by atoms with van der Waals surface area (Å²) in [4.78, 5) is 17.1. The van der Waals surface area contributed by atoms with Crippen LogP contribution < -0.4 is 4.74 Å². The molecular weight excluding hydrogens is 296 g/mol. The molecule has 0 aliphatic heterocycles. The molecule has 0 spiro atoms. The number of carboxylic acid groups (broad SMARTS) is 1. The van der Waals surface area contributed by atoms with Crippen molar-refractivity contribution in [2.45, 2.75) is 39.4 Å². The molecule has 0 saturated heterocycles. The van der Waals surface area contributed by atoms with Crippen LogP contribution in [0.3, 0.4) is 0 Å². The first-order valence-electron chi connectivity index (χ1n) is 7.58. The molecule has 1 aromatic carbocycles. The molecule has 2 aromatic rings. The number of oxazole rings is 1. The van der Waals surface area contributed by atoms with Crippen molar-refractivity contribution in [3.63, 3.8) is 0 Å². The van der Waals surface area contributed by atoms with Crippen LogP contribution in [0.15, 0.2) is 34.9 Å². The number of aromatic nitrogens is 1. The average Bonchev–Trinajstić information content (AvgIpc) is 3.02. The maximum atomic E-state index is 10.9. The number of benzene rings is 1. The van der Waals surface area contributed by atoms with Crippen molar-refractivity contribution < 1.29 is 19.1 Å². The second-order valence-electron chi connectivity index (χ2n) is 5.45. The Morgan fingerprint density at radius 3 is 2.83 bits per heavy atom. The predicted molar refractivity (Wildman–Crippen MR) is 85.5 cm³/mol. The van der Waals surface area contributed by atoms with E-state index in [1.165, 1.54) is 6.26 Å². The van der Waals surface area contributed by atoms with E-state index >= 15 is 0 Å². The summed E-state index contributed by atoms with van der Waals surface area (Å²) in [7, 11) is 1.64. The molecule has 0 radical (unpaired) electrons. The fourth-order valence-corrected chi connectivity index (χ4v) is 2.29. The summed E-state index contributed by atoms with van der Waals surface area (Å²) in [5.74, 6) is 0.143. The van der Waals surface area contributed by atoms with E-state index in [1.54, 1.807) is 7.11 Å². The van der Waals surface area contributed by atoms with E-state index in [2.05, 4.69) is 23.7 Å². The Morgan fingerprint density at radius 2 is 2.22 bits per heavy atom. The molecule has 0 aliphatic rings. The number of hydrogen-bond acceptors (Lipinski definition) is 5. The predicted octanol–water partition coefficient (Wildman–Crippen LogP) is 3.18. The van der Waals surface area contributed by atoms with Crippen LogP contribution in [0.1, 0.15) is 42.2 Å². The van der Waals surface area contributed by atoms with Gasteiger partial charge in [0.25, 0.3) is 0 Å². The van der Waals surface area contributed by atoms with Crippen LogP contribution in [-0.2, 0) is 13.1 Å². The Bertz CT molecular complexity index is 654. The first kappa shape index (κ1) is 17.0. The largest absolute Gasteiger partial charge is 0.497 e. The van der Waals surface area contributed by atoms with Gasteiger partial charge in [0.1, 0.15) is 12.0 Å². The highest BCUT2D eigenvalue weighted by atomic mass is 16.5. The summed E-state index contributed by atoms with van der Waals surface area (Å²) in [6.07, 6.45) is 2.15. The molecule has 0 bridgehead atoms. The molecule has 23 heavy (non-hydrogen) atoms. The summed E-state index contributed by atoms with van der Waals surface area (Å²) in [5, 5.41) is 8.93. The van der Waals surface area contributed by atoms with Gasteiger partial charge in [-0.1, -0.05) is 19.1 Å². The lowest BCUT2D eigenvalue weighted by Crippen LogP contribution is -2.31. The zero-order chi connectivity index (χ0) is 16.8. The Hall–Kier alpha value is -2.34. The molecule has 124 valence electrons. The van der Waals surface area contributed by atoms with Crippen LogP contribution in [0.25, 0.3) is 0 Å². The highest BCUT2D eigenvalue weighted by Gasteiger charge is 2.18. The SMILES string of the molecule is CCC(C)N(Cc1cccc(OC)c1)Cc1nc(C(=O)O)co1. The minimum atomic E-state index is -1.08. The highest BCUT2D eigenvalue weighted by Crippen LogP contribution is 2.18. The second kappa shape index (κ2) is 7.78. The van der Waals surface area contributed by atoms with E-state index in [9.17, 15) is 4.79 Å². The van der Waals surface area contributed by atoms with Crippen LogP contribution in [0.5, 0.6) is 5.75 Å². The van der Waals surface area contributed by atoms with Gasteiger partial charge in [0.2, 0.25) is 5.89 Å². The van der Waals surface area contributed by atoms with E-state index in [0.717, 1.165) is 17.7 Å². The van der Waals surface area contributed by atoms with Gasteiger partial charge >= 0.3 is 5.97 Å². The quantitative estimate of drug-likeness (QED) is 0.805. The molecule has 6 nitrogen and oxygen atoms in total. The number of ether oxygens (including phenoxy) is 1. The molecule has 0 aliphatic carbocycles. The maximum absolute atomic E-state index is 10.9. The number of carbonyl (C=O) groups is 1. The lowest BCUT2D eigenvalue weighted by atomic mass is 10.1. The van der Waals surface area contributed by atoms with Crippen molar-refractivity contribution in [1.82, 2.24) is 9.88 Å². The minimum absolute atomic E-state index is 0.0644. The van der Waals surface area contributed by atoms with E-state index < -0.39 is 5.97 Å². The van der Waals surface area contributed by atoms with Gasteiger partial charge in [0.15, 0.2) is 5.69 Å². The normalized spacial score (nSPS) is 12.3. The van der Waals surface area contributed by atoms with Crippen molar-refractivity contribution in [2.75, 3.05) is 7.11 Å². The summed E-state index contributed by atoms with van der Waals surface area (Å²) < 4.78 is 10.5. The molecule has 1 aromatic heterocycles. The number of nitrogens with zero attached hydrogens (tertiary/aromatic N) is 2. The van der Waals surface area contributed by atoms with Crippen molar-refractivity contribution in [3.05, 3.63) is 47.7 Å².